The summed E-state index contributed by atoms with van der Waals surface area (Å²) in [5, 5.41) is 20.4. The fraction of sp³-hybridized carbons (Fsp3) is 0.629. The molecule has 0 radical (unpaired) electrons. The van der Waals surface area contributed by atoms with Crippen LogP contribution in [0.15, 0.2) is 60.7 Å². The third kappa shape index (κ3) is 16.1. The molecular weight excluding hydrogens is 468 g/mol. The van der Waals surface area contributed by atoms with Crippen molar-refractivity contribution in [3.05, 3.63) is 71.8 Å². The molecule has 0 amide bonds. The Labute approximate surface area is 233 Å². The zero-order valence-electron chi connectivity index (χ0n) is 23.9. The Kier molecular flexibility index (Phi) is 18.6. The summed E-state index contributed by atoms with van der Waals surface area (Å²) in [6.07, 6.45) is 21.7. The number of carbonyl (C=O) groups is 1. The van der Waals surface area contributed by atoms with Crippen LogP contribution in [0.2, 0.25) is 0 Å². The topological polar surface area (TPSA) is 57.5 Å². The molecule has 38 heavy (non-hydrogen) atoms. The largest absolute Gasteiger partial charge is 0.388 e. The van der Waals surface area contributed by atoms with Crippen molar-refractivity contribution in [1.29, 1.82) is 0 Å². The van der Waals surface area contributed by atoms with Crippen molar-refractivity contribution < 1.29 is 15.0 Å². The maximum atomic E-state index is 12.1. The minimum atomic E-state index is -0.323. The highest BCUT2D eigenvalue weighted by atomic mass is 16.3. The van der Waals surface area contributed by atoms with Crippen molar-refractivity contribution in [2.45, 2.75) is 141 Å². The van der Waals surface area contributed by atoms with Gasteiger partial charge in [-0.25, -0.2) is 0 Å². The summed E-state index contributed by atoms with van der Waals surface area (Å²) >= 11 is 0. The molecule has 0 aliphatic rings. The number of Topliss-reactive ketones (excluding diaryl/α,β-unsaturated/α-hetero) is 1. The van der Waals surface area contributed by atoms with Crippen LogP contribution in [-0.2, 0) is 4.79 Å². The van der Waals surface area contributed by atoms with Gasteiger partial charge in [0, 0.05) is 12.8 Å². The van der Waals surface area contributed by atoms with E-state index in [9.17, 15) is 15.0 Å². The van der Waals surface area contributed by atoms with Crippen molar-refractivity contribution in [2.75, 3.05) is 0 Å². The lowest BCUT2D eigenvalue weighted by molar-refractivity contribution is -0.119. The fourth-order valence-corrected chi connectivity index (χ4v) is 5.25. The molecule has 0 saturated carbocycles. The summed E-state index contributed by atoms with van der Waals surface area (Å²) in [6.45, 7) is 0. The monoisotopic (exact) mass is 522 g/mol. The van der Waals surface area contributed by atoms with Crippen molar-refractivity contribution in [1.82, 2.24) is 0 Å². The lowest BCUT2D eigenvalue weighted by atomic mass is 10.0. The van der Waals surface area contributed by atoms with E-state index in [2.05, 4.69) is 0 Å². The highest BCUT2D eigenvalue weighted by Crippen LogP contribution is 2.21. The second-order valence-electron chi connectivity index (χ2n) is 11.1. The molecule has 0 heterocycles. The van der Waals surface area contributed by atoms with Crippen LogP contribution in [-0.4, -0.2) is 16.0 Å². The van der Waals surface area contributed by atoms with Gasteiger partial charge in [-0.1, -0.05) is 151 Å². The molecule has 2 atom stereocenters. The number of ketones is 1. The number of hydrogen-bond donors (Lipinski definition) is 2. The van der Waals surface area contributed by atoms with E-state index in [0.717, 1.165) is 62.5 Å². The standard InChI is InChI=1S/C35H54O3/c36-33(27-19-9-5-1-3-7-11-21-29-34(37)31-23-15-13-16-24-31)28-20-10-6-2-4-8-12-22-30-35(38)32-25-17-14-18-26-32/h13-18,23-26,34-35,37-38H,1-12,19-22,27-30H2. The molecule has 3 heteroatoms. The van der Waals surface area contributed by atoms with Crippen molar-refractivity contribution in [2.24, 2.45) is 0 Å². The first-order valence-electron chi connectivity index (χ1n) is 15.6. The average molecular weight is 523 g/mol. The van der Waals surface area contributed by atoms with Gasteiger partial charge in [-0.05, 0) is 36.8 Å². The van der Waals surface area contributed by atoms with Gasteiger partial charge in [0.25, 0.3) is 0 Å². The van der Waals surface area contributed by atoms with Crippen molar-refractivity contribution >= 4 is 5.78 Å². The molecule has 0 bridgehead atoms. The molecule has 2 aromatic carbocycles. The van der Waals surface area contributed by atoms with Crippen LogP contribution < -0.4 is 0 Å². The minimum Gasteiger partial charge on any atom is -0.388 e. The molecule has 0 saturated heterocycles. The highest BCUT2D eigenvalue weighted by molar-refractivity contribution is 5.78. The minimum absolute atomic E-state index is 0.323. The van der Waals surface area contributed by atoms with Crippen molar-refractivity contribution in [3.8, 4) is 0 Å². The molecule has 2 rings (SSSR count). The molecule has 3 nitrogen and oxygen atoms in total. The van der Waals surface area contributed by atoms with E-state index in [1.165, 1.54) is 77.0 Å². The zero-order valence-corrected chi connectivity index (χ0v) is 23.9. The van der Waals surface area contributed by atoms with Crippen LogP contribution in [0.1, 0.15) is 152 Å². The summed E-state index contributed by atoms with van der Waals surface area (Å²) in [5.41, 5.74) is 2.06. The first kappa shape index (κ1) is 32.2. The van der Waals surface area contributed by atoms with Crippen LogP contribution in [0, 0.1) is 0 Å². The quantitative estimate of drug-likeness (QED) is 0.135. The Morgan fingerprint density at radius 2 is 0.737 bits per heavy atom. The molecule has 0 fully saturated rings. The summed E-state index contributed by atoms with van der Waals surface area (Å²) in [4.78, 5) is 12.1. The molecule has 0 aliphatic heterocycles. The van der Waals surface area contributed by atoms with Gasteiger partial charge in [0.05, 0.1) is 12.2 Å². The molecule has 0 spiro atoms. The predicted octanol–water partition coefficient (Wildman–Crippen LogP) is 9.82. The van der Waals surface area contributed by atoms with E-state index in [1.807, 2.05) is 60.7 Å². The Hall–Kier alpha value is -1.97. The van der Waals surface area contributed by atoms with Crippen LogP contribution in [0.25, 0.3) is 0 Å². The second kappa shape index (κ2) is 21.9. The smallest absolute Gasteiger partial charge is 0.132 e. The van der Waals surface area contributed by atoms with Gasteiger partial charge in [0.1, 0.15) is 5.78 Å². The molecule has 2 unspecified atom stereocenters. The van der Waals surface area contributed by atoms with Gasteiger partial charge in [-0.2, -0.15) is 0 Å². The lowest BCUT2D eigenvalue weighted by Gasteiger charge is -2.10. The van der Waals surface area contributed by atoms with E-state index in [0.29, 0.717) is 5.78 Å². The zero-order chi connectivity index (χ0) is 27.1. The number of benzene rings is 2. The summed E-state index contributed by atoms with van der Waals surface area (Å²) in [6, 6.07) is 19.9. The van der Waals surface area contributed by atoms with Gasteiger partial charge in [0.2, 0.25) is 0 Å². The van der Waals surface area contributed by atoms with Crippen LogP contribution in [0.5, 0.6) is 0 Å². The Morgan fingerprint density at radius 3 is 1.08 bits per heavy atom. The van der Waals surface area contributed by atoms with Gasteiger partial charge in [-0.15, -0.1) is 0 Å². The van der Waals surface area contributed by atoms with Crippen LogP contribution in [0.3, 0.4) is 0 Å². The van der Waals surface area contributed by atoms with Crippen LogP contribution in [0.4, 0.5) is 0 Å². The van der Waals surface area contributed by atoms with E-state index >= 15 is 0 Å². The Bertz CT molecular complexity index is 737. The van der Waals surface area contributed by atoms with E-state index in [4.69, 9.17) is 0 Å². The molecular formula is C35H54O3. The maximum absolute atomic E-state index is 12.1. The summed E-state index contributed by atoms with van der Waals surface area (Å²) in [5.74, 6) is 0.457. The van der Waals surface area contributed by atoms with E-state index in [-0.39, 0.29) is 12.2 Å². The maximum Gasteiger partial charge on any atom is 0.132 e. The number of aliphatic hydroxyl groups excluding tert-OH is 2. The fourth-order valence-electron chi connectivity index (χ4n) is 5.25. The summed E-state index contributed by atoms with van der Waals surface area (Å²) in [7, 11) is 0. The van der Waals surface area contributed by atoms with Gasteiger partial charge < -0.3 is 10.2 Å². The van der Waals surface area contributed by atoms with Gasteiger partial charge in [-0.3, -0.25) is 4.79 Å². The second-order valence-corrected chi connectivity index (χ2v) is 11.1. The Morgan fingerprint density at radius 1 is 0.447 bits per heavy atom. The number of rotatable bonds is 24. The van der Waals surface area contributed by atoms with Gasteiger partial charge in [0.15, 0.2) is 0 Å². The molecule has 212 valence electrons. The lowest BCUT2D eigenvalue weighted by Crippen LogP contribution is -1.98. The van der Waals surface area contributed by atoms with Gasteiger partial charge >= 0.3 is 0 Å². The molecule has 2 N–H and O–H groups in total. The number of unbranched alkanes of at least 4 members (excludes halogenated alkanes) is 14. The third-order valence-corrected chi connectivity index (χ3v) is 7.74. The van der Waals surface area contributed by atoms with Crippen molar-refractivity contribution in [3.63, 3.8) is 0 Å². The van der Waals surface area contributed by atoms with Crippen LogP contribution >= 0.6 is 0 Å². The predicted molar refractivity (Wildman–Crippen MR) is 160 cm³/mol. The summed E-state index contributed by atoms with van der Waals surface area (Å²) < 4.78 is 0. The first-order chi connectivity index (χ1) is 18.7. The highest BCUT2D eigenvalue weighted by Gasteiger charge is 2.07. The average Bonchev–Trinajstić information content (AvgIpc) is 2.95. The normalized spacial score (nSPS) is 12.9. The molecule has 0 aromatic heterocycles. The molecule has 0 aliphatic carbocycles. The van der Waals surface area contributed by atoms with E-state index < -0.39 is 0 Å². The molecule has 2 aromatic rings. The Balaban J connectivity index is 1.27. The third-order valence-electron chi connectivity index (χ3n) is 7.74. The number of carbonyl (C=O) groups excluding carboxylic acids is 1. The SMILES string of the molecule is O=C(CCCCCCCCCCC(O)c1ccccc1)CCCCCCCCCCC(O)c1ccccc1. The van der Waals surface area contributed by atoms with E-state index in [1.54, 1.807) is 0 Å². The number of aliphatic hydroxyl groups is 2. The number of hydrogen-bond acceptors (Lipinski definition) is 3. The first-order valence-corrected chi connectivity index (χ1v) is 15.6.